The molecule has 5 unspecified atom stereocenters. The monoisotopic (exact) mass is 1230 g/mol. The van der Waals surface area contributed by atoms with Gasteiger partial charge in [-0.05, 0) is 123 Å². The number of aromatic amines is 1. The highest BCUT2D eigenvalue weighted by Gasteiger charge is 2.57. The van der Waals surface area contributed by atoms with Gasteiger partial charge in [0.05, 0.1) is 57.3 Å². The number of halogens is 2. The minimum absolute atomic E-state index is 0.0575. The highest BCUT2D eigenvalue weighted by molar-refractivity contribution is 7.26. The summed E-state index contributed by atoms with van der Waals surface area (Å²) in [5.74, 6) is 1.48. The van der Waals surface area contributed by atoms with Gasteiger partial charge in [-0.15, -0.1) is 40.4 Å². The Morgan fingerprint density at radius 2 is 1.77 bits per heavy atom. The number of methoxy groups -OCH3 is 1. The van der Waals surface area contributed by atoms with Gasteiger partial charge in [0.1, 0.15) is 22.6 Å². The Kier molecular flexibility index (Phi) is 15.5. The number of likely N-dealkylation sites (tertiary alicyclic amines) is 2. The Hall–Kier alpha value is -7.16. The van der Waals surface area contributed by atoms with Crippen molar-refractivity contribution in [2.45, 2.75) is 121 Å². The van der Waals surface area contributed by atoms with Crippen LogP contribution in [-0.4, -0.2) is 134 Å². The second kappa shape index (κ2) is 23.4. The number of piperidine rings is 1. The van der Waals surface area contributed by atoms with Gasteiger partial charge in [-0.2, -0.15) is 15.1 Å². The predicted octanol–water partition coefficient (Wildman–Crippen LogP) is 12.0. The highest BCUT2D eigenvalue weighted by Crippen LogP contribution is 2.55. The Labute approximate surface area is 515 Å². The standard InChI is InChI=1S/C38H49F2N5O4S.C27H21N7OS2/c1-24(2)33(36(47)45-13-4-5-30(45)35(46)41-21-26-6-8-28(9-7-26)34-25(3)42-23-50-34)31-17-32(43-49-31)48-16-10-27-18-37(19-27)11-14-44(15-12-37)22-29-20-38(29,39)40;1-3-13-12-36-19-8-18-17(9-29-33-18)21(20(13)19)23-24-16(6-7-28-23)22-25(31-27(35-2)32-26(22)37-24)34-10-14-4-5-15(11-34)30-14/h6-9,17,23-24,27,29-30,33H,4-5,10-16,18-22H2,1-3H3,(H,41,46);1,6-9,12,14-15,30H,4-5,10-11H2,2H3,(H,29,33). The molecular formula is C65H70F2N12O5S3. The number of carbonyl (C=O) groups is 2. The summed E-state index contributed by atoms with van der Waals surface area (Å²) in [5.41, 5.74) is 9.05. The molecule has 452 valence electrons. The maximum Gasteiger partial charge on any atom is 0.319 e. The van der Waals surface area contributed by atoms with Gasteiger partial charge >= 0.3 is 6.01 Å². The van der Waals surface area contributed by atoms with Crippen molar-refractivity contribution in [1.82, 2.24) is 55.7 Å². The average molecular weight is 1230 g/mol. The van der Waals surface area contributed by atoms with E-state index in [-0.39, 0.29) is 24.2 Å². The molecule has 7 aromatic heterocycles. The summed E-state index contributed by atoms with van der Waals surface area (Å²) in [6.07, 6.45) is 19.0. The maximum absolute atomic E-state index is 13.9. The first-order chi connectivity index (χ1) is 42.2. The number of hydrogen-bond donors (Lipinski definition) is 3. The number of nitrogens with one attached hydrogen (secondary N) is 3. The van der Waals surface area contributed by atoms with Crippen molar-refractivity contribution in [3.05, 3.63) is 88.3 Å². The van der Waals surface area contributed by atoms with Crippen LogP contribution < -0.4 is 25.0 Å². The first-order valence-electron chi connectivity index (χ1n) is 30.5. The molecule has 22 heteroatoms. The number of nitrogens with zero attached hydrogens (tertiary/aromatic N) is 9. The number of H-pyrrole nitrogens is 1. The second-order valence-electron chi connectivity index (χ2n) is 25.2. The van der Waals surface area contributed by atoms with Gasteiger partial charge in [0.25, 0.3) is 11.8 Å². The zero-order valence-corrected chi connectivity index (χ0v) is 51.7. The molecule has 0 radical (unpaired) electrons. The molecule has 6 fully saturated rings. The van der Waals surface area contributed by atoms with Crippen LogP contribution in [-0.2, 0) is 16.1 Å². The molecule has 9 aromatic rings. The fourth-order valence-electron chi connectivity index (χ4n) is 14.5. The topological polar surface area (TPSA) is 193 Å². The van der Waals surface area contributed by atoms with Crippen molar-refractivity contribution in [3.63, 3.8) is 0 Å². The third-order valence-corrected chi connectivity index (χ3v) is 22.2. The third-order valence-electron chi connectivity index (χ3n) is 19.2. The molecule has 2 saturated carbocycles. The van der Waals surface area contributed by atoms with Crippen LogP contribution in [0.5, 0.6) is 11.9 Å². The summed E-state index contributed by atoms with van der Waals surface area (Å²) in [6, 6.07) is 14.9. The molecule has 11 heterocycles. The lowest BCUT2D eigenvalue weighted by atomic mass is 9.57. The van der Waals surface area contributed by atoms with E-state index in [1.165, 1.54) is 25.7 Å². The summed E-state index contributed by atoms with van der Waals surface area (Å²) in [6.45, 7) is 11.7. The minimum atomic E-state index is -2.43. The number of benzene rings is 2. The van der Waals surface area contributed by atoms with Crippen molar-refractivity contribution in [3.8, 4) is 45.9 Å². The molecule has 2 amide bonds. The number of aromatic nitrogens is 7. The van der Waals surface area contributed by atoms with E-state index < -0.39 is 23.8 Å². The van der Waals surface area contributed by atoms with E-state index in [0.717, 1.165) is 137 Å². The molecule has 6 aliphatic rings. The molecule has 87 heavy (non-hydrogen) atoms. The number of thiazole rings is 1. The lowest BCUT2D eigenvalue weighted by Crippen LogP contribution is -2.51. The summed E-state index contributed by atoms with van der Waals surface area (Å²) in [4.78, 5) is 54.6. The normalized spacial score (nSPS) is 21.8. The largest absolute Gasteiger partial charge is 0.475 e. The van der Waals surface area contributed by atoms with Crippen LogP contribution in [0.3, 0.4) is 0 Å². The zero-order chi connectivity index (χ0) is 59.7. The van der Waals surface area contributed by atoms with Crippen LogP contribution >= 0.6 is 34.0 Å². The molecular weight excluding hydrogens is 1160 g/mol. The number of rotatable bonds is 16. The number of pyridine rings is 1. The van der Waals surface area contributed by atoms with Gasteiger partial charge in [-0.25, -0.2) is 13.8 Å². The highest BCUT2D eigenvalue weighted by atomic mass is 32.1. The predicted molar refractivity (Wildman–Crippen MR) is 337 cm³/mol. The van der Waals surface area contributed by atoms with Crippen LogP contribution in [0.15, 0.2) is 70.3 Å². The lowest BCUT2D eigenvalue weighted by molar-refractivity contribution is -0.140. The van der Waals surface area contributed by atoms with Crippen molar-refractivity contribution in [1.29, 1.82) is 0 Å². The number of aryl methyl sites for hydroxylation is 1. The van der Waals surface area contributed by atoms with Gasteiger partial charge in [0.15, 0.2) is 5.76 Å². The molecule has 4 aliphatic heterocycles. The van der Waals surface area contributed by atoms with Crippen molar-refractivity contribution in [2.75, 3.05) is 57.9 Å². The van der Waals surface area contributed by atoms with Crippen LogP contribution in [0.4, 0.5) is 14.6 Å². The number of piperazine rings is 1. The van der Waals surface area contributed by atoms with E-state index in [2.05, 4.69) is 71.0 Å². The Bertz CT molecular complexity index is 4070. The number of anilines is 1. The fourth-order valence-corrected chi connectivity index (χ4v) is 17.4. The number of carbonyl (C=O) groups excluding carboxylic acids is 2. The summed E-state index contributed by atoms with van der Waals surface area (Å²) in [7, 11) is 1.63. The first-order valence-corrected chi connectivity index (χ1v) is 33.0. The second-order valence-corrected chi connectivity index (χ2v) is 27.9. The van der Waals surface area contributed by atoms with Crippen LogP contribution in [0.1, 0.15) is 107 Å². The van der Waals surface area contributed by atoms with Crippen molar-refractivity contribution < 1.29 is 32.4 Å². The first kappa shape index (κ1) is 57.6. The summed E-state index contributed by atoms with van der Waals surface area (Å²) >= 11 is 4.88. The molecule has 3 N–H and O–H groups in total. The van der Waals surface area contributed by atoms with E-state index in [1.807, 2.05) is 56.2 Å². The fraction of sp³-hybridized carbons (Fsp3) is 0.477. The molecule has 17 nitrogen and oxygen atoms in total. The van der Waals surface area contributed by atoms with Gasteiger partial charge in [0, 0.05) is 107 Å². The van der Waals surface area contributed by atoms with E-state index in [9.17, 15) is 18.4 Å². The van der Waals surface area contributed by atoms with E-state index in [0.29, 0.717) is 73.7 Å². The Balaban J connectivity index is 0.000000160. The van der Waals surface area contributed by atoms with Crippen LogP contribution in [0.2, 0.25) is 0 Å². The van der Waals surface area contributed by atoms with Crippen LogP contribution in [0, 0.1) is 42.4 Å². The molecule has 15 rings (SSSR count). The van der Waals surface area contributed by atoms with Crippen molar-refractivity contribution in [2.24, 2.45) is 23.2 Å². The van der Waals surface area contributed by atoms with Crippen LogP contribution in [0.25, 0.3) is 63.0 Å². The molecule has 5 atom stereocenters. The number of terminal acetylenes is 1. The summed E-state index contributed by atoms with van der Waals surface area (Å²) in [5, 5.41) is 24.6. The minimum Gasteiger partial charge on any atom is -0.475 e. The molecule has 2 aromatic carbocycles. The number of amides is 2. The molecule has 2 bridgehead atoms. The Morgan fingerprint density at radius 1 is 0.977 bits per heavy atom. The number of alkyl halides is 2. The zero-order valence-electron chi connectivity index (χ0n) is 49.2. The smallest absolute Gasteiger partial charge is 0.319 e. The maximum atomic E-state index is 13.9. The molecule has 2 aliphatic carbocycles. The Morgan fingerprint density at radius 3 is 2.49 bits per heavy atom. The van der Waals surface area contributed by atoms with E-state index in [4.69, 9.17) is 35.4 Å². The number of fused-ring (bicyclic) bond motifs is 7. The summed E-state index contributed by atoms with van der Waals surface area (Å²) < 4.78 is 46.0. The molecule has 4 saturated heterocycles. The van der Waals surface area contributed by atoms with E-state index in [1.54, 1.807) is 52.1 Å². The number of ether oxygens (including phenoxy) is 2. The SMILES string of the molecule is C#Cc1csc2cc3[nH]ncc3c(-c3nccc4c3sc3nc(OC)nc(N5CC6CCC(C5)N6)c34)c12.Cc1ncsc1-c1ccc(CNC(=O)C2CCCN2C(=O)C(c2cc(OCCC3CC4(CCN(CC5CC5(F)F)CC4)C3)no2)C(C)C)cc1. The third kappa shape index (κ3) is 11.2. The number of thiophene rings is 2. The van der Waals surface area contributed by atoms with Gasteiger partial charge in [-0.1, -0.05) is 44.0 Å². The van der Waals surface area contributed by atoms with Crippen molar-refractivity contribution >= 4 is 92.9 Å². The number of hydrogen-bond acceptors (Lipinski definition) is 17. The lowest BCUT2D eigenvalue weighted by Gasteiger charge is -2.52. The van der Waals surface area contributed by atoms with Gasteiger partial charge < -0.3 is 39.3 Å². The molecule has 1 spiro atoms. The van der Waals surface area contributed by atoms with Gasteiger partial charge in [0.2, 0.25) is 11.8 Å². The average Bonchev–Trinajstić information content (AvgIpc) is 1.70. The quantitative estimate of drug-likeness (QED) is 0.0774. The van der Waals surface area contributed by atoms with Gasteiger partial charge in [-0.3, -0.25) is 19.7 Å². The van der Waals surface area contributed by atoms with E-state index >= 15 is 0 Å².